The van der Waals surface area contributed by atoms with Gasteiger partial charge < -0.3 is 24.3 Å². The summed E-state index contributed by atoms with van der Waals surface area (Å²) in [5, 5.41) is 13.0. The van der Waals surface area contributed by atoms with Crippen LogP contribution in [-0.2, 0) is 23.7 Å². The van der Waals surface area contributed by atoms with Gasteiger partial charge in [0.05, 0.1) is 18.8 Å². The molecule has 1 aromatic carbocycles. The average Bonchev–Trinajstić information content (AvgIpc) is 3.28. The minimum atomic E-state index is -0.859. The number of thioether (sulfide) groups is 1. The van der Waals surface area contributed by atoms with Crippen LogP contribution in [0.2, 0.25) is 0 Å². The van der Waals surface area contributed by atoms with Crippen LogP contribution in [0.1, 0.15) is 64.5 Å². The number of nitrogens with one attached hydrogen (secondary N) is 1. The fourth-order valence-corrected chi connectivity index (χ4v) is 6.42. The van der Waals surface area contributed by atoms with Gasteiger partial charge in [0.2, 0.25) is 0 Å². The summed E-state index contributed by atoms with van der Waals surface area (Å²) in [5.41, 5.74) is 1.81. The van der Waals surface area contributed by atoms with E-state index in [-0.39, 0.29) is 55.5 Å². The van der Waals surface area contributed by atoms with Crippen molar-refractivity contribution in [2.24, 2.45) is 0 Å². The largest absolute Gasteiger partial charge is 0.463 e. The Bertz CT molecular complexity index is 1470. The molecule has 0 spiro atoms. The quantitative estimate of drug-likeness (QED) is 0.145. The fourth-order valence-electron chi connectivity index (χ4n) is 5.73. The van der Waals surface area contributed by atoms with E-state index < -0.39 is 17.4 Å². The first kappa shape index (κ1) is 29.1. The number of carbonyl (C=O) groups is 1. The van der Waals surface area contributed by atoms with E-state index in [0.29, 0.717) is 28.6 Å². The van der Waals surface area contributed by atoms with E-state index in [1.54, 1.807) is 22.5 Å². The first-order valence-corrected chi connectivity index (χ1v) is 15.2. The molecule has 2 saturated carbocycles. The van der Waals surface area contributed by atoms with Crippen LogP contribution < -0.4 is 5.32 Å². The Hall–Kier alpha value is -2.94. The number of carbonyl (C=O) groups excluding carboxylic acids is 1. The van der Waals surface area contributed by atoms with Crippen LogP contribution in [0.4, 0.5) is 14.6 Å². The molecule has 0 radical (unpaired) electrons. The summed E-state index contributed by atoms with van der Waals surface area (Å²) in [7, 11) is 0. The summed E-state index contributed by atoms with van der Waals surface area (Å²) in [5.74, 6) is -1.47. The van der Waals surface area contributed by atoms with Gasteiger partial charge in [-0.1, -0.05) is 30.0 Å². The average molecular weight is 605 g/mol. The maximum atomic E-state index is 13.9. The molecular formula is C28H34F2N6O5S. The molecule has 42 heavy (non-hydrogen) atoms. The molecule has 1 aliphatic heterocycles. The Labute approximate surface area is 246 Å². The zero-order chi connectivity index (χ0) is 29.6. The minimum absolute atomic E-state index is 0.0136. The van der Waals surface area contributed by atoms with E-state index in [4.69, 9.17) is 28.9 Å². The van der Waals surface area contributed by atoms with E-state index in [1.807, 2.05) is 13.8 Å². The molecule has 3 aromatic rings. The van der Waals surface area contributed by atoms with Gasteiger partial charge >= 0.3 is 5.97 Å². The number of fused-ring (bicyclic) bond motifs is 2. The van der Waals surface area contributed by atoms with Gasteiger partial charge in [-0.3, -0.25) is 4.79 Å². The Morgan fingerprint density at radius 2 is 1.98 bits per heavy atom. The van der Waals surface area contributed by atoms with Crippen molar-refractivity contribution in [1.29, 1.82) is 0 Å². The zero-order valence-electron chi connectivity index (χ0n) is 23.9. The molecule has 0 bridgehead atoms. The van der Waals surface area contributed by atoms with E-state index in [0.717, 1.165) is 30.2 Å². The number of esters is 1. The molecule has 226 valence electrons. The molecule has 3 aliphatic rings. The number of benzene rings is 1. The van der Waals surface area contributed by atoms with Crippen molar-refractivity contribution in [3.05, 3.63) is 35.4 Å². The Morgan fingerprint density at radius 3 is 2.74 bits per heavy atom. The van der Waals surface area contributed by atoms with E-state index in [9.17, 15) is 13.6 Å². The smallest absolute Gasteiger partial charge is 0.302 e. The Kier molecular flexibility index (Phi) is 8.07. The monoisotopic (exact) mass is 604 g/mol. The first-order valence-electron chi connectivity index (χ1n) is 14.2. The van der Waals surface area contributed by atoms with E-state index >= 15 is 0 Å². The van der Waals surface area contributed by atoms with Crippen LogP contribution in [-0.4, -0.2) is 80.0 Å². The number of nitrogens with zero attached hydrogens (tertiary/aromatic N) is 5. The molecule has 0 amide bonds. The summed E-state index contributed by atoms with van der Waals surface area (Å²) in [4.78, 5) is 20.8. The molecule has 1 saturated heterocycles. The molecule has 6 rings (SSSR count). The van der Waals surface area contributed by atoms with Gasteiger partial charge in [0.15, 0.2) is 39.6 Å². The molecule has 3 heterocycles. The predicted octanol–water partition coefficient (Wildman–Crippen LogP) is 4.38. The Morgan fingerprint density at radius 1 is 1.17 bits per heavy atom. The number of hydrogen-bond acceptors (Lipinski definition) is 11. The molecule has 14 heteroatoms. The summed E-state index contributed by atoms with van der Waals surface area (Å²) in [6.45, 7) is 7.56. The van der Waals surface area contributed by atoms with Crippen molar-refractivity contribution in [3.8, 4) is 0 Å². The highest BCUT2D eigenvalue weighted by Gasteiger charge is 2.56. The van der Waals surface area contributed by atoms with Gasteiger partial charge in [0.25, 0.3) is 0 Å². The highest BCUT2D eigenvalue weighted by Crippen LogP contribution is 2.47. The summed E-state index contributed by atoms with van der Waals surface area (Å²) < 4.78 is 52.7. The van der Waals surface area contributed by atoms with Gasteiger partial charge in [-0.25, -0.2) is 23.4 Å². The van der Waals surface area contributed by atoms with Gasteiger partial charge in [0, 0.05) is 31.1 Å². The Balaban J connectivity index is 1.27. The number of aromatic nitrogens is 5. The van der Waals surface area contributed by atoms with Crippen LogP contribution >= 0.6 is 11.8 Å². The molecule has 3 fully saturated rings. The van der Waals surface area contributed by atoms with Crippen molar-refractivity contribution in [2.75, 3.05) is 24.3 Å². The van der Waals surface area contributed by atoms with Crippen molar-refractivity contribution in [2.45, 2.75) is 94.2 Å². The normalized spacial score (nSPS) is 27.8. The van der Waals surface area contributed by atoms with Gasteiger partial charge in [-0.15, -0.1) is 5.10 Å². The van der Waals surface area contributed by atoms with Crippen LogP contribution in [0.25, 0.3) is 11.2 Å². The SMILES string of the molecule is CCCSc1nc(N[C@@H]2CC2c2ccc(F)c(F)c2)c2nnn([C@@H]3C[C@H](OCCOC(C)=O)[C@H]4OC(C)(C)O[C@H]43)c2n1. The number of anilines is 1. The van der Waals surface area contributed by atoms with E-state index in [1.165, 1.54) is 13.0 Å². The van der Waals surface area contributed by atoms with Crippen molar-refractivity contribution < 1.29 is 32.5 Å². The lowest BCUT2D eigenvalue weighted by Crippen LogP contribution is -2.31. The summed E-state index contributed by atoms with van der Waals surface area (Å²) >= 11 is 1.54. The highest BCUT2D eigenvalue weighted by molar-refractivity contribution is 7.99. The van der Waals surface area contributed by atoms with Crippen LogP contribution in [0, 0.1) is 11.6 Å². The maximum Gasteiger partial charge on any atom is 0.302 e. The standard InChI is InChI=1S/C28H34F2N6O5S/c1-5-10-42-27-32-25(31-19-12-16(19)15-6-7-17(29)18(30)11-15)22-26(33-27)36(35-34-22)20-13-21(39-9-8-38-14(2)37)24-23(20)40-28(3,4)41-24/h6-7,11,16,19-21,23-24H,5,8-10,12-13H2,1-4H3,(H,31,32,33)/t16?,19-,20-,21+,23+,24-/m1/s1. The lowest BCUT2D eigenvalue weighted by atomic mass is 10.1. The third kappa shape index (κ3) is 5.94. The van der Waals surface area contributed by atoms with Crippen molar-refractivity contribution in [1.82, 2.24) is 25.0 Å². The molecule has 11 nitrogen and oxygen atoms in total. The molecule has 1 N–H and O–H groups in total. The number of halogens is 2. The first-order chi connectivity index (χ1) is 20.1. The third-order valence-electron chi connectivity index (χ3n) is 7.64. The summed E-state index contributed by atoms with van der Waals surface area (Å²) in [6, 6.07) is 3.74. The minimum Gasteiger partial charge on any atom is -0.463 e. The molecule has 2 aromatic heterocycles. The zero-order valence-corrected chi connectivity index (χ0v) is 24.7. The van der Waals surface area contributed by atoms with Crippen molar-refractivity contribution >= 4 is 34.7 Å². The second-order valence-corrected chi connectivity index (χ2v) is 12.4. The predicted molar refractivity (Wildman–Crippen MR) is 149 cm³/mol. The van der Waals surface area contributed by atoms with Crippen LogP contribution in [0.5, 0.6) is 0 Å². The molecule has 2 aliphatic carbocycles. The number of hydrogen-bond donors (Lipinski definition) is 1. The van der Waals surface area contributed by atoms with Gasteiger partial charge in [0.1, 0.15) is 18.8 Å². The number of ether oxygens (including phenoxy) is 4. The number of rotatable bonds is 11. The maximum absolute atomic E-state index is 13.9. The van der Waals surface area contributed by atoms with Gasteiger partial charge in [-0.2, -0.15) is 0 Å². The van der Waals surface area contributed by atoms with Crippen LogP contribution in [0.3, 0.4) is 0 Å². The molecular weight excluding hydrogens is 570 g/mol. The second-order valence-electron chi connectivity index (χ2n) is 11.3. The second kappa shape index (κ2) is 11.6. The van der Waals surface area contributed by atoms with Gasteiger partial charge in [-0.05, 0) is 44.4 Å². The molecule has 6 atom stereocenters. The topological polar surface area (TPSA) is 123 Å². The lowest BCUT2D eigenvalue weighted by molar-refractivity contribution is -0.171. The van der Waals surface area contributed by atoms with Crippen molar-refractivity contribution in [3.63, 3.8) is 0 Å². The lowest BCUT2D eigenvalue weighted by Gasteiger charge is -2.23. The van der Waals surface area contributed by atoms with Crippen LogP contribution in [0.15, 0.2) is 23.4 Å². The third-order valence-corrected chi connectivity index (χ3v) is 8.69. The molecule has 1 unspecified atom stereocenters. The highest BCUT2D eigenvalue weighted by atomic mass is 32.2. The summed E-state index contributed by atoms with van der Waals surface area (Å²) in [6.07, 6.45) is 1.22. The fraction of sp³-hybridized carbons (Fsp3) is 0.607. The van der Waals surface area contributed by atoms with E-state index in [2.05, 4.69) is 22.6 Å².